The molecule has 0 spiro atoms. The van der Waals surface area contributed by atoms with E-state index in [4.69, 9.17) is 0 Å². The van der Waals surface area contributed by atoms with Crippen molar-refractivity contribution in [3.05, 3.63) is 0 Å². The van der Waals surface area contributed by atoms with Crippen molar-refractivity contribution in [1.82, 2.24) is 0 Å². The average molecular weight is 508 g/mol. The van der Waals surface area contributed by atoms with Crippen LogP contribution in [-0.4, -0.2) is 23.9 Å². The Morgan fingerprint density at radius 2 is 0.485 bits per heavy atom. The van der Waals surface area contributed by atoms with Gasteiger partial charge in [0.15, 0.2) is 0 Å². The first-order valence-electron chi connectivity index (χ1n) is 10.5. The molecular weight excluding hydrogens is 464 g/mol. The Balaban J connectivity index is -0.000000105. The standard InChI is InChI=1S/4C6H12O2.Ti/c4*1-6(2,3)4-5(7)8;/h4*4H2,1-3H3,(H,7,8);/q;;;;+4/p-4. The van der Waals surface area contributed by atoms with Crippen molar-refractivity contribution in [3.8, 4) is 0 Å². The summed E-state index contributed by atoms with van der Waals surface area (Å²) in [5.41, 5.74) is -0.560. The van der Waals surface area contributed by atoms with Gasteiger partial charge in [-0.1, -0.05) is 83.1 Å². The number of rotatable bonds is 4. The summed E-state index contributed by atoms with van der Waals surface area (Å²) in [5, 5.41) is 39.6. The molecule has 33 heavy (non-hydrogen) atoms. The predicted octanol–water partition coefficient (Wildman–Crippen LogP) is 0.688. The number of carboxylic acid groups (broad SMARTS) is 4. The number of aliphatic carboxylic acids is 4. The number of carbonyl (C=O) groups is 4. The molecule has 0 N–H and O–H groups in total. The Labute approximate surface area is 215 Å². The second-order valence-electron chi connectivity index (χ2n) is 12.4. The molecule has 0 heterocycles. The van der Waals surface area contributed by atoms with E-state index in [9.17, 15) is 39.6 Å². The minimum atomic E-state index is -0.975. The average Bonchev–Trinajstić information content (AvgIpc) is 2.26. The van der Waals surface area contributed by atoms with Gasteiger partial charge in [-0.05, 0) is 47.3 Å². The molecule has 0 saturated carbocycles. The summed E-state index contributed by atoms with van der Waals surface area (Å²) in [6.45, 7) is 22.4. The second-order valence-corrected chi connectivity index (χ2v) is 12.4. The van der Waals surface area contributed by atoms with Gasteiger partial charge in [0.2, 0.25) is 0 Å². The van der Waals surface area contributed by atoms with Crippen LogP contribution in [0.25, 0.3) is 0 Å². The van der Waals surface area contributed by atoms with E-state index in [0.717, 1.165) is 0 Å². The minimum Gasteiger partial charge on any atom is -0.550 e. The SMILES string of the molecule is CC(C)(C)CC(=O)[O-].CC(C)(C)CC(=O)[O-].CC(C)(C)CC(=O)[O-].CC(C)(C)CC(=O)[O-].[Ti+4]. The van der Waals surface area contributed by atoms with Crippen molar-refractivity contribution < 1.29 is 61.3 Å². The molecule has 192 valence electrons. The molecule has 0 radical (unpaired) electrons. The van der Waals surface area contributed by atoms with Crippen LogP contribution in [0.1, 0.15) is 109 Å². The monoisotopic (exact) mass is 508 g/mol. The third-order valence-electron chi connectivity index (χ3n) is 2.70. The van der Waals surface area contributed by atoms with Crippen molar-refractivity contribution in [2.75, 3.05) is 0 Å². The fourth-order valence-corrected chi connectivity index (χ4v) is 1.73. The van der Waals surface area contributed by atoms with E-state index in [1.165, 1.54) is 0 Å². The van der Waals surface area contributed by atoms with Crippen LogP contribution in [0.15, 0.2) is 0 Å². The van der Waals surface area contributed by atoms with Crippen LogP contribution >= 0.6 is 0 Å². The van der Waals surface area contributed by atoms with Gasteiger partial charge >= 0.3 is 21.7 Å². The summed E-state index contributed by atoms with van der Waals surface area (Å²) in [5.74, 6) is -3.90. The molecule has 0 atom stereocenters. The van der Waals surface area contributed by atoms with Crippen LogP contribution in [-0.2, 0) is 40.9 Å². The van der Waals surface area contributed by atoms with Gasteiger partial charge in [-0.15, -0.1) is 0 Å². The minimum absolute atomic E-state index is 0. The Hall–Kier alpha value is -1.41. The Kier molecular flexibility index (Phi) is 22.8. The van der Waals surface area contributed by atoms with E-state index in [1.807, 2.05) is 83.1 Å². The summed E-state index contributed by atoms with van der Waals surface area (Å²) in [4.78, 5) is 39.6. The fourth-order valence-electron chi connectivity index (χ4n) is 1.73. The largest absolute Gasteiger partial charge is 4.00 e. The van der Waals surface area contributed by atoms with Gasteiger partial charge in [0.25, 0.3) is 0 Å². The predicted molar refractivity (Wildman–Crippen MR) is 116 cm³/mol. The zero-order chi connectivity index (χ0) is 27.1. The number of hydrogen-bond donors (Lipinski definition) is 0. The molecule has 0 amide bonds. The van der Waals surface area contributed by atoms with Crippen molar-refractivity contribution in [2.45, 2.75) is 109 Å². The van der Waals surface area contributed by atoms with Crippen LogP contribution in [0, 0.1) is 21.7 Å². The molecule has 0 aromatic carbocycles. The third kappa shape index (κ3) is 72.4. The maximum atomic E-state index is 9.90. The van der Waals surface area contributed by atoms with Crippen LogP contribution in [0.3, 0.4) is 0 Å². The van der Waals surface area contributed by atoms with E-state index in [0.29, 0.717) is 0 Å². The number of carboxylic acids is 4. The van der Waals surface area contributed by atoms with Crippen molar-refractivity contribution in [2.24, 2.45) is 21.7 Å². The Morgan fingerprint density at radius 1 is 0.394 bits per heavy atom. The quantitative estimate of drug-likeness (QED) is 0.501. The van der Waals surface area contributed by atoms with E-state index < -0.39 is 23.9 Å². The van der Waals surface area contributed by atoms with Crippen LogP contribution in [0.2, 0.25) is 0 Å². The van der Waals surface area contributed by atoms with Gasteiger partial charge in [-0.25, -0.2) is 0 Å². The first kappa shape index (κ1) is 41.8. The normalized spacial score (nSPS) is 11.0. The molecule has 0 bridgehead atoms. The molecule has 0 saturated heterocycles. The van der Waals surface area contributed by atoms with Crippen molar-refractivity contribution >= 4 is 23.9 Å². The summed E-state index contributed by atoms with van der Waals surface area (Å²) >= 11 is 0. The molecule has 8 nitrogen and oxygen atoms in total. The molecule has 0 unspecified atom stereocenters. The van der Waals surface area contributed by atoms with E-state index in [1.54, 1.807) is 0 Å². The molecular formula is C24H44O8Ti. The number of carbonyl (C=O) groups excluding carboxylic acids is 4. The zero-order valence-electron chi connectivity index (χ0n) is 22.6. The van der Waals surface area contributed by atoms with Gasteiger partial charge in [-0.3, -0.25) is 0 Å². The summed E-state index contributed by atoms with van der Waals surface area (Å²) in [7, 11) is 0. The molecule has 0 aliphatic heterocycles. The van der Waals surface area contributed by atoms with Gasteiger partial charge in [-0.2, -0.15) is 0 Å². The van der Waals surface area contributed by atoms with Crippen LogP contribution in [0.5, 0.6) is 0 Å². The molecule has 0 aliphatic carbocycles. The smallest absolute Gasteiger partial charge is 0.550 e. The van der Waals surface area contributed by atoms with Gasteiger partial charge in [0.05, 0.1) is 0 Å². The van der Waals surface area contributed by atoms with Crippen LogP contribution in [0.4, 0.5) is 0 Å². The van der Waals surface area contributed by atoms with E-state index >= 15 is 0 Å². The van der Waals surface area contributed by atoms with E-state index in [2.05, 4.69) is 0 Å². The molecule has 0 fully saturated rings. The maximum absolute atomic E-state index is 9.90. The van der Waals surface area contributed by atoms with E-state index in [-0.39, 0.29) is 69.1 Å². The van der Waals surface area contributed by atoms with Gasteiger partial charge in [0, 0.05) is 23.9 Å². The Morgan fingerprint density at radius 3 is 0.485 bits per heavy atom. The van der Waals surface area contributed by atoms with Gasteiger partial charge in [0.1, 0.15) is 0 Å². The molecule has 0 aliphatic rings. The van der Waals surface area contributed by atoms with Crippen LogP contribution < -0.4 is 20.4 Å². The first-order chi connectivity index (χ1) is 13.7. The summed E-state index contributed by atoms with van der Waals surface area (Å²) < 4.78 is 0. The first-order valence-corrected chi connectivity index (χ1v) is 10.5. The third-order valence-corrected chi connectivity index (χ3v) is 2.70. The summed E-state index contributed by atoms with van der Waals surface area (Å²) in [6, 6.07) is 0. The summed E-state index contributed by atoms with van der Waals surface area (Å²) in [6.07, 6.45) is 0.528. The molecule has 0 aromatic rings. The van der Waals surface area contributed by atoms with Gasteiger partial charge < -0.3 is 39.6 Å². The maximum Gasteiger partial charge on any atom is 4.00 e. The molecule has 0 rings (SSSR count). The van der Waals surface area contributed by atoms with Crippen molar-refractivity contribution in [3.63, 3.8) is 0 Å². The second kappa shape index (κ2) is 18.0. The van der Waals surface area contributed by atoms with Crippen molar-refractivity contribution in [1.29, 1.82) is 0 Å². The molecule has 9 heteroatoms. The molecule has 0 aromatic heterocycles. The zero-order valence-corrected chi connectivity index (χ0v) is 24.2. The fraction of sp³-hybridized carbons (Fsp3) is 0.833. The number of hydrogen-bond acceptors (Lipinski definition) is 8. The Bertz CT molecular complexity index is 467. The topological polar surface area (TPSA) is 161 Å².